The van der Waals surface area contributed by atoms with Crippen molar-refractivity contribution in [1.29, 1.82) is 0 Å². The number of ether oxygens (including phenoxy) is 4. The molecule has 0 spiro atoms. The molecule has 6 N–H and O–H groups in total. The Morgan fingerprint density at radius 3 is 2.04 bits per heavy atom. The monoisotopic (exact) mass is 1470 g/mol. The van der Waals surface area contributed by atoms with Gasteiger partial charge in [-0.15, -0.1) is 0 Å². The number of rotatable bonds is 36. The molecule has 3 aromatic heterocycles. The molecule has 102 heavy (non-hydrogen) atoms. The molecular formula is C76H94Cl4N12O10. The number of ketones is 1. The van der Waals surface area contributed by atoms with Crippen LogP contribution in [0.2, 0.25) is 20.1 Å². The van der Waals surface area contributed by atoms with E-state index in [0.717, 1.165) is 60.9 Å². The van der Waals surface area contributed by atoms with Crippen molar-refractivity contribution in [1.82, 2.24) is 55.2 Å². The Morgan fingerprint density at radius 1 is 0.735 bits per heavy atom. The van der Waals surface area contributed by atoms with Gasteiger partial charge in [-0.1, -0.05) is 116 Å². The van der Waals surface area contributed by atoms with Gasteiger partial charge in [0.1, 0.15) is 24.4 Å². The van der Waals surface area contributed by atoms with Crippen molar-refractivity contribution >= 4 is 116 Å². The lowest BCUT2D eigenvalue weighted by Crippen LogP contribution is -2.52. The zero-order valence-electron chi connectivity index (χ0n) is 58.7. The molecule has 26 heteroatoms. The van der Waals surface area contributed by atoms with Gasteiger partial charge in [-0.25, -0.2) is 19.9 Å². The van der Waals surface area contributed by atoms with E-state index in [4.69, 9.17) is 70.3 Å². The zero-order valence-corrected chi connectivity index (χ0v) is 61.7. The Balaban J connectivity index is 0.549. The predicted octanol–water partition coefficient (Wildman–Crippen LogP) is 11.7. The first-order valence-corrected chi connectivity index (χ1v) is 36.9. The molecule has 7 aromatic rings. The summed E-state index contributed by atoms with van der Waals surface area (Å²) in [5.74, 6) is 0.975. The van der Waals surface area contributed by atoms with Crippen LogP contribution >= 0.6 is 46.4 Å². The van der Waals surface area contributed by atoms with E-state index in [0.29, 0.717) is 130 Å². The minimum Gasteiger partial charge on any atom is -0.390 e. The van der Waals surface area contributed by atoms with Crippen LogP contribution in [0.4, 0.5) is 5.82 Å². The van der Waals surface area contributed by atoms with Gasteiger partial charge in [0.15, 0.2) is 22.8 Å². The highest BCUT2D eigenvalue weighted by Gasteiger charge is 2.42. The smallest absolute Gasteiger partial charge is 0.246 e. The van der Waals surface area contributed by atoms with Crippen molar-refractivity contribution in [2.45, 2.75) is 154 Å². The summed E-state index contributed by atoms with van der Waals surface area (Å²) in [5.41, 5.74) is 7.49. The number of Topliss-reactive ketones (excluding diaryl/α,β-unsaturated/α-hetero) is 1. The van der Waals surface area contributed by atoms with Crippen molar-refractivity contribution in [2.24, 2.45) is 5.92 Å². The minimum atomic E-state index is -0.967. The topological polar surface area (TPSA) is 269 Å². The SMILES string of the molecule is CC(C)N(C[C@H]1O[C@@H](n2cnc3c(NCCCCNC(=O)CCCC(=O)NCCOCCOCCOCCC(=O)N[C@@H](Cc4ccccc4)C(=O)N4C/C(=C\c5ccc(Cl)c(Cl)c5)C(=O)/C(=C/c5ccc(Cl)c(Cl)c5)C4)ncnc32)CC1O)C1CC(CCc2nc3cc(C(C)(C)C)ccc3[nH]2)C1. The van der Waals surface area contributed by atoms with Gasteiger partial charge in [0.25, 0.3) is 0 Å². The van der Waals surface area contributed by atoms with Gasteiger partial charge in [0, 0.05) is 101 Å². The summed E-state index contributed by atoms with van der Waals surface area (Å²) in [7, 11) is 0. The predicted molar refractivity (Wildman–Crippen MR) is 399 cm³/mol. The van der Waals surface area contributed by atoms with Crippen LogP contribution in [0.5, 0.6) is 0 Å². The summed E-state index contributed by atoms with van der Waals surface area (Å²) >= 11 is 25.0. The number of hydrogen-bond donors (Lipinski definition) is 6. The van der Waals surface area contributed by atoms with E-state index in [1.807, 2.05) is 34.9 Å². The first-order chi connectivity index (χ1) is 49.1. The molecule has 4 atom stereocenters. The molecule has 3 fully saturated rings. The number of aliphatic hydroxyl groups is 1. The molecule has 0 bridgehead atoms. The number of fused-ring (bicyclic) bond motifs is 2. The van der Waals surface area contributed by atoms with Gasteiger partial charge in [-0.05, 0) is 135 Å². The number of aromatic amines is 1. The van der Waals surface area contributed by atoms with Crippen LogP contribution in [0.3, 0.4) is 0 Å². The number of nitrogens with one attached hydrogen (secondary N) is 5. The third-order valence-electron chi connectivity index (χ3n) is 18.7. The van der Waals surface area contributed by atoms with Crippen molar-refractivity contribution in [3.05, 3.63) is 157 Å². The minimum absolute atomic E-state index is 0.0184. The fraction of sp³-hybridized carbons (Fsp3) is 0.487. The largest absolute Gasteiger partial charge is 0.390 e. The molecule has 10 rings (SSSR count). The Bertz CT molecular complexity index is 3990. The number of aromatic nitrogens is 6. The van der Waals surface area contributed by atoms with Crippen LogP contribution < -0.4 is 21.3 Å². The normalized spacial score (nSPS) is 19.0. The second kappa shape index (κ2) is 37.4. The molecule has 546 valence electrons. The Morgan fingerprint density at radius 2 is 1.38 bits per heavy atom. The number of benzene rings is 4. The lowest BCUT2D eigenvalue weighted by atomic mass is 9.76. The number of nitrogens with zero attached hydrogens (tertiary/aromatic N) is 7. The maximum Gasteiger partial charge on any atom is 0.246 e. The highest BCUT2D eigenvalue weighted by atomic mass is 35.5. The summed E-state index contributed by atoms with van der Waals surface area (Å²) in [4.78, 5) is 93.3. The van der Waals surface area contributed by atoms with Crippen molar-refractivity contribution < 1.29 is 48.0 Å². The Kier molecular flexibility index (Phi) is 28.3. The molecule has 2 saturated heterocycles. The highest BCUT2D eigenvalue weighted by molar-refractivity contribution is 6.42. The molecule has 1 aliphatic carbocycles. The van der Waals surface area contributed by atoms with Gasteiger partial charge in [0.2, 0.25) is 23.6 Å². The average Bonchev–Trinajstić information content (AvgIpc) is 1.03. The third kappa shape index (κ3) is 22.1. The molecule has 0 radical (unpaired) electrons. The highest BCUT2D eigenvalue weighted by Crippen LogP contribution is 2.39. The number of carbonyl (C=O) groups excluding carboxylic acids is 5. The van der Waals surface area contributed by atoms with Crippen LogP contribution in [-0.2, 0) is 61.2 Å². The molecule has 1 unspecified atom stereocenters. The molecule has 1 saturated carbocycles. The number of piperidine rings is 1. The summed E-state index contributed by atoms with van der Waals surface area (Å²) in [6.45, 7) is 14.5. The number of halogens is 4. The van der Waals surface area contributed by atoms with E-state index in [1.165, 1.54) is 11.9 Å². The summed E-state index contributed by atoms with van der Waals surface area (Å²) in [6, 6.07) is 25.7. The maximum atomic E-state index is 14.5. The molecule has 22 nitrogen and oxygen atoms in total. The van der Waals surface area contributed by atoms with Crippen LogP contribution in [0, 0.1) is 5.92 Å². The number of likely N-dealkylation sites (tertiary alicyclic amines) is 1. The molecule has 5 heterocycles. The second-order valence-corrected chi connectivity index (χ2v) is 29.4. The molecule has 3 aliphatic rings. The van der Waals surface area contributed by atoms with Crippen molar-refractivity contribution in [3.8, 4) is 0 Å². The number of aryl methyl sites for hydroxylation is 1. The third-order valence-corrected chi connectivity index (χ3v) is 20.2. The number of anilines is 1. The van der Waals surface area contributed by atoms with Crippen molar-refractivity contribution in [2.75, 3.05) is 84.2 Å². The number of amides is 4. The summed E-state index contributed by atoms with van der Waals surface area (Å²) in [5, 5.41) is 24.7. The van der Waals surface area contributed by atoms with Gasteiger partial charge < -0.3 is 55.2 Å². The van der Waals surface area contributed by atoms with E-state index >= 15 is 0 Å². The van der Waals surface area contributed by atoms with Gasteiger partial charge >= 0.3 is 0 Å². The van der Waals surface area contributed by atoms with Gasteiger partial charge in [-0.3, -0.25) is 33.4 Å². The summed E-state index contributed by atoms with van der Waals surface area (Å²) < 4.78 is 25.4. The average molecular weight is 1480 g/mol. The van der Waals surface area contributed by atoms with Gasteiger partial charge in [0.05, 0.1) is 89.3 Å². The number of unbranched alkanes of at least 4 members (excludes halogenated alkanes) is 1. The molecular weight excluding hydrogens is 1380 g/mol. The lowest BCUT2D eigenvalue weighted by molar-refractivity contribution is -0.136. The lowest BCUT2D eigenvalue weighted by Gasteiger charge is -2.46. The first kappa shape index (κ1) is 77.3. The van der Waals surface area contributed by atoms with Crippen LogP contribution in [-0.4, -0.2) is 183 Å². The van der Waals surface area contributed by atoms with E-state index in [2.05, 4.69) is 98.9 Å². The van der Waals surface area contributed by atoms with E-state index in [1.54, 1.807) is 59.8 Å². The zero-order chi connectivity index (χ0) is 72.3. The molecule has 2 aliphatic heterocycles. The standard InChI is InChI=1S/C76H94Cl4N12O10/c1-48(2)91(56-36-52(37-56)18-23-66-87-61-22-19-55(76(3,4)5)41-62(61)88-66)45-65-64(93)42-70(102-65)92-47-86-71-73(84-46-85-74(71)92)83-26-10-9-25-81-67(94)14-11-15-68(95)82-27-29-100-31-33-101-32-30-99-28-24-69(96)89-63(40-49-12-7-6-8-13-49)75(98)90-43-53(34-50-16-20-57(77)59(79)38-50)72(97)54(44-90)35-51-17-21-58(78)60(80)39-51/h6-8,12-13,16-17,19-22,34-35,38-39,41,46-48,52,56,63-65,70,93H,9-11,14-15,18,23-33,36-37,40,42-45H2,1-5H3,(H,81,94)(H,82,95)(H,87,88)(H,89,96)(H,83,84,85)/b53-34+,54-35+/t52?,56?,63-,64?,65+,70+/m0/s1. The molecule has 4 amide bonds. The van der Waals surface area contributed by atoms with Gasteiger partial charge in [-0.2, -0.15) is 0 Å². The number of aliphatic hydroxyl groups excluding tert-OH is 1. The second-order valence-electron chi connectivity index (χ2n) is 27.8. The van der Waals surface area contributed by atoms with Crippen LogP contribution in [0.1, 0.15) is 133 Å². The first-order valence-electron chi connectivity index (χ1n) is 35.4. The number of hydrogen-bond acceptors (Lipinski definition) is 16. The fourth-order valence-electron chi connectivity index (χ4n) is 13.0. The van der Waals surface area contributed by atoms with E-state index in [9.17, 15) is 29.1 Å². The number of carbonyl (C=O) groups is 5. The number of H-pyrrole nitrogens is 1. The maximum absolute atomic E-state index is 14.5. The van der Waals surface area contributed by atoms with E-state index in [-0.39, 0.29) is 106 Å². The molecule has 4 aromatic carbocycles. The van der Waals surface area contributed by atoms with Crippen LogP contribution in [0.25, 0.3) is 34.3 Å². The quantitative estimate of drug-likeness (QED) is 0.0157. The van der Waals surface area contributed by atoms with Crippen LogP contribution in [0.15, 0.2) is 109 Å². The fourth-order valence-corrected chi connectivity index (χ4v) is 13.6. The van der Waals surface area contributed by atoms with Crippen molar-refractivity contribution in [3.63, 3.8) is 0 Å². The van der Waals surface area contributed by atoms with E-state index < -0.39 is 18.4 Å². The Hall–Kier alpha value is -7.35. The summed E-state index contributed by atoms with van der Waals surface area (Å²) in [6.07, 6.45) is 12.4. The number of imidazole rings is 2. The Labute approximate surface area is 616 Å².